The molecule has 2 N–H and O–H groups in total. The SMILES string of the molecule is Cc1ccccc1NC(=O)COc1ccc(S(=O)(=O)NC2CCCCC2)cc1. The minimum atomic E-state index is -3.54. The van der Waals surface area contributed by atoms with E-state index in [4.69, 9.17) is 4.74 Å². The lowest BCUT2D eigenvalue weighted by Gasteiger charge is -2.22. The van der Waals surface area contributed by atoms with Crippen molar-refractivity contribution in [3.05, 3.63) is 54.1 Å². The zero-order valence-corrected chi connectivity index (χ0v) is 16.8. The van der Waals surface area contributed by atoms with Crippen LogP contribution in [0.2, 0.25) is 0 Å². The van der Waals surface area contributed by atoms with Gasteiger partial charge in [-0.05, 0) is 55.7 Å². The molecule has 6 nitrogen and oxygen atoms in total. The summed E-state index contributed by atoms with van der Waals surface area (Å²) in [5, 5.41) is 2.79. The van der Waals surface area contributed by atoms with Gasteiger partial charge in [0.1, 0.15) is 5.75 Å². The van der Waals surface area contributed by atoms with Crippen LogP contribution >= 0.6 is 0 Å². The fraction of sp³-hybridized carbons (Fsp3) is 0.381. The summed E-state index contributed by atoms with van der Waals surface area (Å²) in [5.74, 6) is 0.168. The van der Waals surface area contributed by atoms with E-state index in [1.807, 2.05) is 31.2 Å². The number of aryl methyl sites for hydroxylation is 1. The Morgan fingerprint density at radius 3 is 2.39 bits per heavy atom. The Balaban J connectivity index is 1.53. The van der Waals surface area contributed by atoms with E-state index in [0.29, 0.717) is 5.75 Å². The first-order chi connectivity index (χ1) is 13.4. The summed E-state index contributed by atoms with van der Waals surface area (Å²) in [5.41, 5.74) is 1.71. The molecule has 0 aliphatic heterocycles. The highest BCUT2D eigenvalue weighted by atomic mass is 32.2. The van der Waals surface area contributed by atoms with Crippen molar-refractivity contribution < 1.29 is 17.9 Å². The van der Waals surface area contributed by atoms with Gasteiger partial charge in [-0.3, -0.25) is 4.79 Å². The van der Waals surface area contributed by atoms with E-state index < -0.39 is 10.0 Å². The van der Waals surface area contributed by atoms with Crippen LogP contribution in [0.25, 0.3) is 0 Å². The largest absolute Gasteiger partial charge is 0.484 e. The van der Waals surface area contributed by atoms with Gasteiger partial charge in [-0.2, -0.15) is 0 Å². The minimum Gasteiger partial charge on any atom is -0.484 e. The van der Waals surface area contributed by atoms with Crippen LogP contribution in [-0.4, -0.2) is 27.0 Å². The summed E-state index contributed by atoms with van der Waals surface area (Å²) in [7, 11) is -3.54. The highest BCUT2D eigenvalue weighted by Gasteiger charge is 2.21. The van der Waals surface area contributed by atoms with E-state index in [1.54, 1.807) is 12.1 Å². The van der Waals surface area contributed by atoms with E-state index in [-0.39, 0.29) is 23.5 Å². The van der Waals surface area contributed by atoms with E-state index in [1.165, 1.54) is 18.6 Å². The molecule has 28 heavy (non-hydrogen) atoms. The summed E-state index contributed by atoms with van der Waals surface area (Å²) in [6.07, 6.45) is 5.06. The number of sulfonamides is 1. The van der Waals surface area contributed by atoms with Gasteiger partial charge in [0.2, 0.25) is 10.0 Å². The van der Waals surface area contributed by atoms with Gasteiger partial charge < -0.3 is 10.1 Å². The van der Waals surface area contributed by atoms with Gasteiger partial charge in [-0.15, -0.1) is 0 Å². The molecule has 0 radical (unpaired) electrons. The van der Waals surface area contributed by atoms with Crippen molar-refractivity contribution in [2.45, 2.75) is 50.0 Å². The molecular weight excluding hydrogens is 376 g/mol. The number of hydrogen-bond donors (Lipinski definition) is 2. The van der Waals surface area contributed by atoms with Crippen molar-refractivity contribution in [1.29, 1.82) is 0 Å². The number of benzene rings is 2. The smallest absolute Gasteiger partial charge is 0.262 e. The fourth-order valence-corrected chi connectivity index (χ4v) is 4.58. The summed E-state index contributed by atoms with van der Waals surface area (Å²) in [4.78, 5) is 12.2. The maximum absolute atomic E-state index is 12.5. The molecule has 1 aliphatic rings. The third-order valence-electron chi connectivity index (χ3n) is 4.85. The Kier molecular flexibility index (Phi) is 6.70. The zero-order valence-electron chi connectivity index (χ0n) is 16.0. The molecule has 7 heteroatoms. The standard InChI is InChI=1S/C21H26N2O4S/c1-16-7-5-6-10-20(16)22-21(24)15-27-18-11-13-19(14-12-18)28(25,26)23-17-8-3-2-4-9-17/h5-7,10-14,17,23H,2-4,8-9,15H2,1H3,(H,22,24). The number of para-hydroxylation sites is 1. The predicted molar refractivity (Wildman–Crippen MR) is 109 cm³/mol. The Hall–Kier alpha value is -2.38. The number of anilines is 1. The molecule has 0 unspecified atom stereocenters. The molecule has 0 atom stereocenters. The van der Waals surface area contributed by atoms with Crippen LogP contribution in [0, 0.1) is 6.92 Å². The van der Waals surface area contributed by atoms with Gasteiger partial charge in [0.05, 0.1) is 4.90 Å². The highest BCUT2D eigenvalue weighted by molar-refractivity contribution is 7.89. The highest BCUT2D eigenvalue weighted by Crippen LogP contribution is 2.21. The molecule has 2 aromatic carbocycles. The normalized spacial score (nSPS) is 15.2. The van der Waals surface area contributed by atoms with Crippen molar-refractivity contribution in [2.24, 2.45) is 0 Å². The number of ether oxygens (including phenoxy) is 1. The molecule has 1 fully saturated rings. The summed E-state index contributed by atoms with van der Waals surface area (Å²) in [6.45, 7) is 1.76. The topological polar surface area (TPSA) is 84.5 Å². The number of amides is 1. The summed E-state index contributed by atoms with van der Waals surface area (Å²) < 4.78 is 33.2. The van der Waals surface area contributed by atoms with Crippen LogP contribution in [0.15, 0.2) is 53.4 Å². The minimum absolute atomic E-state index is 0.0137. The molecule has 0 saturated heterocycles. The molecule has 0 aromatic heterocycles. The second-order valence-corrected chi connectivity index (χ2v) is 8.79. The van der Waals surface area contributed by atoms with Crippen LogP contribution in [0.3, 0.4) is 0 Å². The molecule has 2 aromatic rings. The van der Waals surface area contributed by atoms with Crippen molar-refractivity contribution in [3.8, 4) is 5.75 Å². The van der Waals surface area contributed by atoms with E-state index in [2.05, 4.69) is 10.0 Å². The lowest BCUT2D eigenvalue weighted by Crippen LogP contribution is -2.36. The third-order valence-corrected chi connectivity index (χ3v) is 6.39. The fourth-order valence-electron chi connectivity index (χ4n) is 3.27. The van der Waals surface area contributed by atoms with Gasteiger partial charge >= 0.3 is 0 Å². The second-order valence-electron chi connectivity index (χ2n) is 7.08. The van der Waals surface area contributed by atoms with Crippen molar-refractivity contribution in [3.63, 3.8) is 0 Å². The van der Waals surface area contributed by atoms with Gasteiger partial charge in [0.15, 0.2) is 6.61 Å². The monoisotopic (exact) mass is 402 g/mol. The molecular formula is C21H26N2O4S. The van der Waals surface area contributed by atoms with Crippen molar-refractivity contribution in [2.75, 3.05) is 11.9 Å². The maximum Gasteiger partial charge on any atom is 0.262 e. The average Bonchev–Trinajstić information content (AvgIpc) is 2.69. The lowest BCUT2D eigenvalue weighted by molar-refractivity contribution is -0.118. The molecule has 0 heterocycles. The number of carbonyl (C=O) groups excluding carboxylic acids is 1. The third kappa shape index (κ3) is 5.56. The number of carbonyl (C=O) groups is 1. The van der Waals surface area contributed by atoms with Gasteiger partial charge in [-0.25, -0.2) is 13.1 Å². The molecule has 3 rings (SSSR count). The van der Waals surface area contributed by atoms with Crippen molar-refractivity contribution in [1.82, 2.24) is 4.72 Å². The van der Waals surface area contributed by atoms with E-state index in [0.717, 1.165) is 36.9 Å². The zero-order chi connectivity index (χ0) is 20.0. The summed E-state index contributed by atoms with van der Waals surface area (Å²) >= 11 is 0. The molecule has 1 saturated carbocycles. The maximum atomic E-state index is 12.5. The van der Waals surface area contributed by atoms with Gasteiger partial charge in [0, 0.05) is 11.7 Å². The van der Waals surface area contributed by atoms with Crippen LogP contribution in [-0.2, 0) is 14.8 Å². The predicted octanol–water partition coefficient (Wildman–Crippen LogP) is 3.62. The summed E-state index contributed by atoms with van der Waals surface area (Å²) in [6, 6.07) is 13.6. The first kappa shape index (κ1) is 20.4. The van der Waals surface area contributed by atoms with Crippen LogP contribution in [0.1, 0.15) is 37.7 Å². The number of nitrogens with one attached hydrogen (secondary N) is 2. The molecule has 0 bridgehead atoms. The Morgan fingerprint density at radius 1 is 1.04 bits per heavy atom. The van der Waals surface area contributed by atoms with Crippen molar-refractivity contribution >= 4 is 21.6 Å². The van der Waals surface area contributed by atoms with Crippen LogP contribution in [0.4, 0.5) is 5.69 Å². The Labute approximate surface area is 166 Å². The number of hydrogen-bond acceptors (Lipinski definition) is 4. The first-order valence-corrected chi connectivity index (χ1v) is 11.0. The molecule has 0 spiro atoms. The first-order valence-electron chi connectivity index (χ1n) is 9.55. The molecule has 150 valence electrons. The average molecular weight is 403 g/mol. The number of rotatable bonds is 7. The van der Waals surface area contributed by atoms with Gasteiger partial charge in [0.25, 0.3) is 5.91 Å². The Bertz CT molecular complexity index is 904. The van der Waals surface area contributed by atoms with Crippen LogP contribution < -0.4 is 14.8 Å². The Morgan fingerprint density at radius 2 is 1.71 bits per heavy atom. The molecule has 1 amide bonds. The van der Waals surface area contributed by atoms with E-state index >= 15 is 0 Å². The van der Waals surface area contributed by atoms with E-state index in [9.17, 15) is 13.2 Å². The second kappa shape index (κ2) is 9.21. The van der Waals surface area contributed by atoms with Gasteiger partial charge in [-0.1, -0.05) is 37.5 Å². The quantitative estimate of drug-likeness (QED) is 0.741. The lowest BCUT2D eigenvalue weighted by atomic mass is 9.96. The van der Waals surface area contributed by atoms with Crippen LogP contribution in [0.5, 0.6) is 5.75 Å². The molecule has 1 aliphatic carbocycles.